The van der Waals surface area contributed by atoms with E-state index in [1.54, 1.807) is 7.11 Å². The first kappa shape index (κ1) is 22.5. The number of nitrogens with zero attached hydrogens (tertiary/aromatic N) is 1. The fourth-order valence-corrected chi connectivity index (χ4v) is 2.91. The molecule has 0 saturated heterocycles. The summed E-state index contributed by atoms with van der Waals surface area (Å²) in [5.74, 6) is 1.45. The van der Waals surface area contributed by atoms with E-state index in [0.29, 0.717) is 12.6 Å². The van der Waals surface area contributed by atoms with Gasteiger partial charge in [0.25, 0.3) is 0 Å². The molecule has 1 aliphatic rings. The van der Waals surface area contributed by atoms with Gasteiger partial charge in [-0.1, -0.05) is 31.4 Å². The summed E-state index contributed by atoms with van der Waals surface area (Å²) in [6.45, 7) is 3.43. The fourth-order valence-electron chi connectivity index (χ4n) is 2.91. The Kier molecular flexibility index (Phi) is 11.1. The summed E-state index contributed by atoms with van der Waals surface area (Å²) in [5.41, 5.74) is 1.03. The molecule has 0 radical (unpaired) electrons. The molecule has 3 N–H and O–H groups in total. The molecule has 146 valence electrons. The van der Waals surface area contributed by atoms with Crippen molar-refractivity contribution in [3.63, 3.8) is 0 Å². The molecule has 7 heteroatoms. The second-order valence-corrected chi connectivity index (χ2v) is 6.30. The first-order valence-corrected chi connectivity index (χ1v) is 9.15. The second kappa shape index (κ2) is 12.8. The standard InChI is InChI=1S/C19H30N4O2.HI/c1-3-20-19(23-16-7-5-4-6-8-16)22-14-18(24)21-13-15-9-11-17(25-2)12-10-15;/h9-12,16H,3-8,13-14H2,1-2H3,(H,21,24)(H2,20,22,23);1H. The first-order valence-electron chi connectivity index (χ1n) is 9.15. The van der Waals surface area contributed by atoms with Crippen molar-refractivity contribution in [3.8, 4) is 5.75 Å². The molecule has 1 fully saturated rings. The molecule has 2 rings (SSSR count). The van der Waals surface area contributed by atoms with Crippen molar-refractivity contribution in [3.05, 3.63) is 29.8 Å². The fraction of sp³-hybridized carbons (Fsp3) is 0.579. The number of carbonyl (C=O) groups excluding carboxylic acids is 1. The van der Waals surface area contributed by atoms with Crippen LogP contribution in [0.25, 0.3) is 0 Å². The lowest BCUT2D eigenvalue weighted by atomic mass is 9.96. The number of halogens is 1. The van der Waals surface area contributed by atoms with Crippen molar-refractivity contribution < 1.29 is 9.53 Å². The van der Waals surface area contributed by atoms with Crippen LogP contribution in [0.1, 0.15) is 44.6 Å². The zero-order valence-electron chi connectivity index (χ0n) is 15.7. The maximum Gasteiger partial charge on any atom is 0.242 e. The zero-order chi connectivity index (χ0) is 17.9. The molecule has 1 aromatic carbocycles. The Morgan fingerprint density at radius 3 is 2.46 bits per heavy atom. The van der Waals surface area contributed by atoms with Gasteiger partial charge >= 0.3 is 0 Å². The Hall–Kier alpha value is -1.51. The van der Waals surface area contributed by atoms with E-state index in [2.05, 4.69) is 20.9 Å². The first-order chi connectivity index (χ1) is 12.2. The van der Waals surface area contributed by atoms with Crippen molar-refractivity contribution in [1.29, 1.82) is 0 Å². The van der Waals surface area contributed by atoms with Gasteiger partial charge in [0.15, 0.2) is 5.96 Å². The molecule has 0 aliphatic heterocycles. The maximum absolute atomic E-state index is 12.0. The van der Waals surface area contributed by atoms with Crippen LogP contribution in [0, 0.1) is 0 Å². The molecule has 1 aromatic rings. The van der Waals surface area contributed by atoms with Gasteiger partial charge in [-0.3, -0.25) is 4.79 Å². The molecule has 0 heterocycles. The molecule has 0 atom stereocenters. The van der Waals surface area contributed by atoms with Gasteiger partial charge in [-0.25, -0.2) is 4.99 Å². The van der Waals surface area contributed by atoms with Crippen LogP contribution in [-0.4, -0.2) is 38.1 Å². The number of hydrogen-bond donors (Lipinski definition) is 3. The van der Waals surface area contributed by atoms with E-state index in [0.717, 1.165) is 23.8 Å². The average molecular weight is 474 g/mol. The number of rotatable bonds is 7. The molecular formula is C19H31IN4O2. The van der Waals surface area contributed by atoms with Gasteiger partial charge in [-0.15, -0.1) is 24.0 Å². The highest BCUT2D eigenvalue weighted by Gasteiger charge is 2.14. The highest BCUT2D eigenvalue weighted by atomic mass is 127. The van der Waals surface area contributed by atoms with E-state index in [-0.39, 0.29) is 36.4 Å². The zero-order valence-corrected chi connectivity index (χ0v) is 18.0. The summed E-state index contributed by atoms with van der Waals surface area (Å²) in [5, 5.41) is 9.56. The largest absolute Gasteiger partial charge is 0.497 e. The third kappa shape index (κ3) is 8.25. The van der Waals surface area contributed by atoms with Crippen molar-refractivity contribution in [2.45, 2.75) is 51.6 Å². The van der Waals surface area contributed by atoms with E-state index >= 15 is 0 Å². The number of nitrogens with one attached hydrogen (secondary N) is 3. The predicted molar refractivity (Wildman–Crippen MR) is 116 cm³/mol. The van der Waals surface area contributed by atoms with E-state index in [9.17, 15) is 4.79 Å². The Labute approximate surface area is 173 Å². The SMILES string of the molecule is CCNC(=NCC(=O)NCc1ccc(OC)cc1)NC1CCCCC1.I. The Morgan fingerprint density at radius 2 is 1.85 bits per heavy atom. The number of amides is 1. The number of benzene rings is 1. The second-order valence-electron chi connectivity index (χ2n) is 6.30. The summed E-state index contributed by atoms with van der Waals surface area (Å²) in [7, 11) is 1.64. The van der Waals surface area contributed by atoms with Crippen LogP contribution in [0.2, 0.25) is 0 Å². The van der Waals surface area contributed by atoms with E-state index < -0.39 is 0 Å². The van der Waals surface area contributed by atoms with Crippen molar-refractivity contribution in [1.82, 2.24) is 16.0 Å². The molecule has 26 heavy (non-hydrogen) atoms. The van der Waals surface area contributed by atoms with Gasteiger partial charge in [0.1, 0.15) is 12.3 Å². The molecule has 0 bridgehead atoms. The number of carbonyl (C=O) groups is 1. The van der Waals surface area contributed by atoms with E-state index in [1.165, 1.54) is 32.1 Å². The van der Waals surface area contributed by atoms with Crippen molar-refractivity contribution >= 4 is 35.8 Å². The van der Waals surface area contributed by atoms with Crippen LogP contribution in [0.15, 0.2) is 29.3 Å². The summed E-state index contributed by atoms with van der Waals surface area (Å²) < 4.78 is 5.13. The smallest absolute Gasteiger partial charge is 0.242 e. The summed E-state index contributed by atoms with van der Waals surface area (Å²) >= 11 is 0. The van der Waals surface area contributed by atoms with Gasteiger partial charge in [0, 0.05) is 19.1 Å². The monoisotopic (exact) mass is 474 g/mol. The van der Waals surface area contributed by atoms with E-state index in [1.807, 2.05) is 31.2 Å². The van der Waals surface area contributed by atoms with Crippen molar-refractivity contribution in [2.75, 3.05) is 20.2 Å². The maximum atomic E-state index is 12.0. The summed E-state index contributed by atoms with van der Waals surface area (Å²) in [4.78, 5) is 16.5. The topological polar surface area (TPSA) is 74.8 Å². The van der Waals surface area contributed by atoms with Crippen LogP contribution in [0.3, 0.4) is 0 Å². The number of ether oxygens (including phenoxy) is 1. The number of methoxy groups -OCH3 is 1. The minimum Gasteiger partial charge on any atom is -0.497 e. The normalized spacial score (nSPS) is 14.9. The molecule has 1 aliphatic carbocycles. The molecule has 0 spiro atoms. The van der Waals surface area contributed by atoms with Crippen LogP contribution < -0.4 is 20.7 Å². The highest BCUT2D eigenvalue weighted by Crippen LogP contribution is 2.17. The lowest BCUT2D eigenvalue weighted by molar-refractivity contribution is -0.119. The number of guanidine groups is 1. The molecule has 6 nitrogen and oxygen atoms in total. The predicted octanol–water partition coefficient (Wildman–Crippen LogP) is 2.82. The third-order valence-electron chi connectivity index (χ3n) is 4.32. The summed E-state index contributed by atoms with van der Waals surface area (Å²) in [6, 6.07) is 8.12. The lowest BCUT2D eigenvalue weighted by Gasteiger charge is -2.24. The Balaban J connectivity index is 0.00000338. The number of aliphatic imine (C=N–C) groups is 1. The Morgan fingerprint density at radius 1 is 1.15 bits per heavy atom. The van der Waals surface area contributed by atoms with Gasteiger partial charge in [0.2, 0.25) is 5.91 Å². The quantitative estimate of drug-likeness (QED) is 0.323. The molecule has 1 saturated carbocycles. The molecule has 0 unspecified atom stereocenters. The van der Waals surface area contributed by atoms with Crippen LogP contribution in [0.5, 0.6) is 5.75 Å². The van der Waals surface area contributed by atoms with Crippen molar-refractivity contribution in [2.24, 2.45) is 4.99 Å². The van der Waals surface area contributed by atoms with Crippen LogP contribution in [-0.2, 0) is 11.3 Å². The minimum absolute atomic E-state index is 0. The number of hydrogen-bond acceptors (Lipinski definition) is 3. The van der Waals surface area contributed by atoms with Crippen LogP contribution in [0.4, 0.5) is 0 Å². The van der Waals surface area contributed by atoms with Crippen LogP contribution >= 0.6 is 24.0 Å². The Bertz CT molecular complexity index is 557. The highest BCUT2D eigenvalue weighted by molar-refractivity contribution is 14.0. The molecule has 1 amide bonds. The lowest BCUT2D eigenvalue weighted by Crippen LogP contribution is -2.44. The average Bonchev–Trinajstić information content (AvgIpc) is 2.66. The van der Waals surface area contributed by atoms with E-state index in [4.69, 9.17) is 4.74 Å². The molecular weight excluding hydrogens is 443 g/mol. The van der Waals surface area contributed by atoms with Gasteiger partial charge < -0.3 is 20.7 Å². The third-order valence-corrected chi connectivity index (χ3v) is 4.32. The minimum atomic E-state index is -0.0864. The summed E-state index contributed by atoms with van der Waals surface area (Å²) in [6.07, 6.45) is 6.20. The van der Waals surface area contributed by atoms with Gasteiger partial charge in [0.05, 0.1) is 7.11 Å². The van der Waals surface area contributed by atoms with Gasteiger partial charge in [-0.2, -0.15) is 0 Å². The van der Waals surface area contributed by atoms with Gasteiger partial charge in [-0.05, 0) is 37.5 Å². The molecule has 0 aromatic heterocycles.